The fourth-order valence-electron chi connectivity index (χ4n) is 13.5. The van der Waals surface area contributed by atoms with Gasteiger partial charge in [-0.25, -0.2) is 19.9 Å². The van der Waals surface area contributed by atoms with Gasteiger partial charge in [0.25, 0.3) is 0 Å². The third kappa shape index (κ3) is 41.2. The number of pyridine rings is 4. The summed E-state index contributed by atoms with van der Waals surface area (Å²) in [7, 11) is 0. The van der Waals surface area contributed by atoms with Gasteiger partial charge in [0.1, 0.15) is 12.7 Å². The lowest BCUT2D eigenvalue weighted by molar-refractivity contribution is 0.553. The Morgan fingerprint density at radius 2 is 0.512 bits per heavy atom. The van der Waals surface area contributed by atoms with Gasteiger partial charge in [-0.05, 0) is 228 Å². The molecule has 0 fully saturated rings. The van der Waals surface area contributed by atoms with Crippen molar-refractivity contribution in [1.82, 2.24) is 80.4 Å². The molecule has 0 aliphatic carbocycles. The van der Waals surface area contributed by atoms with Crippen LogP contribution in [-0.2, 0) is 59.6 Å². The maximum Gasteiger partial charge on any atom is 0.115 e. The fourth-order valence-corrected chi connectivity index (χ4v) is 13.5. The second-order valence-corrected chi connectivity index (χ2v) is 42.5. The Hall–Kier alpha value is -9.70. The zero-order chi connectivity index (χ0) is 93.3. The van der Waals surface area contributed by atoms with Crippen molar-refractivity contribution < 1.29 is 0 Å². The molecule has 0 amide bonds. The van der Waals surface area contributed by atoms with Gasteiger partial charge in [0.15, 0.2) is 0 Å². The van der Waals surface area contributed by atoms with E-state index in [4.69, 9.17) is 0 Å². The standard InChI is InChI=1S/C11H16.4C10H15N.6C9H14N2/c1-9-7-5-6-8-10(9)11(2,3)4;1-8-7-11-6-5-9(8)10(2,3)4;1-8-5-6-11-7-9(8)10(2,3)4;1-8-9(10(2,3)4)6-5-7-11-8;1-8-6-5-7-11-9(8)10(2,3)4;1-7-8(9(2,3)4)5-10-6-11-7;1-7-5-10-6-11-8(7)9(2,3)4;1-7-5-10-11-6-8(7)9(2,3)4;1-7-8(9(2,3)4)11-6-5-10-7;1-7-8(9(2,3)4)5-6-10-11-7;1-7-5-6-10-11-8(7)9(2,3)4/h5-8H,1-4H3;4*5-7H,1-4H3;6*5-6H,1-4H3. The molecule has 0 unspecified atom stereocenters. The molecule has 0 aliphatic heterocycles. The first-order valence-corrected chi connectivity index (χ1v) is 42.6. The Morgan fingerprint density at radius 1 is 0.174 bits per heavy atom. The maximum atomic E-state index is 4.35. The lowest BCUT2D eigenvalue weighted by atomic mass is 9.84. The summed E-state index contributed by atoms with van der Waals surface area (Å²) < 4.78 is 0. The Balaban J connectivity index is 0.000000665. The third-order valence-corrected chi connectivity index (χ3v) is 19.2. The summed E-state index contributed by atoms with van der Waals surface area (Å²) in [5, 5.41) is 23.4. The molecule has 16 nitrogen and oxygen atoms in total. The molecular weight excluding hydrogens is 1490 g/mol. The van der Waals surface area contributed by atoms with Gasteiger partial charge in [-0.3, -0.25) is 29.9 Å². The molecule has 0 N–H and O–H groups in total. The van der Waals surface area contributed by atoms with Gasteiger partial charge < -0.3 is 0 Å². The Labute approximate surface area is 736 Å². The molecule has 0 aliphatic rings. The van der Waals surface area contributed by atoms with Crippen LogP contribution in [-0.4, -0.2) is 80.4 Å². The van der Waals surface area contributed by atoms with E-state index in [1.165, 1.54) is 83.6 Å². The number of hydrogen-bond acceptors (Lipinski definition) is 16. The third-order valence-electron chi connectivity index (χ3n) is 19.2. The summed E-state index contributed by atoms with van der Waals surface area (Å²) in [6.45, 7) is 94.8. The molecule has 11 aromatic rings. The molecule has 11 rings (SSSR count). The van der Waals surface area contributed by atoms with Crippen LogP contribution in [0.1, 0.15) is 352 Å². The number of nitrogens with zero attached hydrogens (tertiary/aromatic N) is 16. The van der Waals surface area contributed by atoms with E-state index in [1.54, 1.807) is 43.6 Å². The van der Waals surface area contributed by atoms with Crippen LogP contribution < -0.4 is 0 Å². The predicted octanol–water partition coefficient (Wildman–Crippen LogP) is 26.5. The number of aryl methyl sites for hydroxylation is 11. The topological polar surface area (TPSA) is 206 Å². The summed E-state index contributed by atoms with van der Waals surface area (Å²) in [5.41, 5.74) is 28.9. The highest BCUT2D eigenvalue weighted by Gasteiger charge is 2.24. The molecule has 660 valence electrons. The first-order chi connectivity index (χ1) is 55.2. The lowest BCUT2D eigenvalue weighted by Crippen LogP contribution is -2.15. The molecule has 0 spiro atoms. The SMILES string of the molecule is Cc1ccccc1C(C)(C)C.Cc1cccnc1C(C)(C)C.Cc1ccncc1C(C)(C)C.Cc1ccnnc1C(C)(C)C.Cc1cnccc1C(C)(C)C.Cc1cncnc1C(C)(C)C.Cc1cnncc1C(C)(C)C.Cc1ncccc1C(C)(C)C.Cc1nccnc1C(C)(C)C.Cc1ncncc1C(C)(C)C.Cc1nnccc1C(C)(C)C. The van der Waals surface area contributed by atoms with Gasteiger partial charge in [0.05, 0.1) is 40.9 Å². The Bertz CT molecular complexity index is 3770. The van der Waals surface area contributed by atoms with Crippen LogP contribution in [0.2, 0.25) is 0 Å². The molecule has 16 heteroatoms. The maximum absolute atomic E-state index is 4.35. The summed E-state index contributed by atoms with van der Waals surface area (Å²) >= 11 is 0. The smallest absolute Gasteiger partial charge is 0.115 e. The van der Waals surface area contributed by atoms with Crippen molar-refractivity contribution in [1.29, 1.82) is 0 Å². The number of rotatable bonds is 0. The minimum absolute atomic E-state index is 0.109. The van der Waals surface area contributed by atoms with Crippen LogP contribution in [0.3, 0.4) is 0 Å². The van der Waals surface area contributed by atoms with E-state index >= 15 is 0 Å². The van der Waals surface area contributed by atoms with E-state index in [0.717, 1.165) is 39.9 Å². The lowest BCUT2D eigenvalue weighted by Gasteiger charge is -2.21. The minimum atomic E-state index is 0.109. The predicted molar refractivity (Wildman–Crippen MR) is 513 cm³/mol. The van der Waals surface area contributed by atoms with Crippen molar-refractivity contribution in [3.8, 4) is 0 Å². The van der Waals surface area contributed by atoms with Crippen LogP contribution in [0.5, 0.6) is 0 Å². The number of benzene rings is 1. The molecule has 10 aromatic heterocycles. The molecule has 1 aromatic carbocycles. The van der Waals surface area contributed by atoms with Gasteiger partial charge >= 0.3 is 0 Å². The second kappa shape index (κ2) is 47.6. The van der Waals surface area contributed by atoms with Gasteiger partial charge in [-0.2, -0.15) is 30.6 Å². The number of hydrogen-bond donors (Lipinski definition) is 0. The highest BCUT2D eigenvalue weighted by atomic mass is 15.1. The van der Waals surface area contributed by atoms with E-state index in [9.17, 15) is 0 Å². The van der Waals surface area contributed by atoms with Crippen molar-refractivity contribution in [2.24, 2.45) is 0 Å². The molecular formula is C105H160N16. The van der Waals surface area contributed by atoms with Crippen molar-refractivity contribution in [3.63, 3.8) is 0 Å². The van der Waals surface area contributed by atoms with E-state index in [2.05, 4.69) is 406 Å². The van der Waals surface area contributed by atoms with Crippen molar-refractivity contribution in [3.05, 3.63) is 296 Å². The summed E-state index contributed by atoms with van der Waals surface area (Å²) in [4.78, 5) is 41.6. The van der Waals surface area contributed by atoms with E-state index < -0.39 is 0 Å². The molecule has 0 saturated heterocycles. The van der Waals surface area contributed by atoms with Crippen LogP contribution in [0.4, 0.5) is 0 Å². The van der Waals surface area contributed by atoms with E-state index in [-0.39, 0.29) is 59.6 Å². The van der Waals surface area contributed by atoms with Gasteiger partial charge in [-0.15, -0.1) is 0 Å². The molecule has 0 radical (unpaired) electrons. The summed E-state index contributed by atoms with van der Waals surface area (Å²) in [6, 6.07) is 25.0. The number of aromatic nitrogens is 16. The van der Waals surface area contributed by atoms with Gasteiger partial charge in [0.2, 0.25) is 0 Å². The molecule has 0 saturated carbocycles. The highest BCUT2D eigenvalue weighted by Crippen LogP contribution is 2.31. The summed E-state index contributed by atoms with van der Waals surface area (Å²) in [5.74, 6) is 0. The largest absolute Gasteiger partial charge is 0.264 e. The van der Waals surface area contributed by atoms with Crippen LogP contribution in [0, 0.1) is 76.2 Å². The van der Waals surface area contributed by atoms with E-state index in [0.29, 0.717) is 0 Å². The monoisotopic (exact) mass is 1650 g/mol. The molecule has 121 heavy (non-hydrogen) atoms. The molecule has 0 bridgehead atoms. The highest BCUT2D eigenvalue weighted by molar-refractivity contribution is 5.34. The molecule has 0 atom stereocenters. The van der Waals surface area contributed by atoms with Crippen LogP contribution in [0.25, 0.3) is 0 Å². The first kappa shape index (κ1) is 109. The van der Waals surface area contributed by atoms with Gasteiger partial charge in [0, 0.05) is 113 Å². The first-order valence-electron chi connectivity index (χ1n) is 42.6. The Kier molecular flexibility index (Phi) is 43.0. The van der Waals surface area contributed by atoms with Gasteiger partial charge in [-0.1, -0.05) is 265 Å². The fraction of sp³-hybridized carbons (Fsp3) is 0.524. The zero-order valence-corrected chi connectivity index (χ0v) is 83.8. The van der Waals surface area contributed by atoms with Crippen LogP contribution >= 0.6 is 0 Å². The van der Waals surface area contributed by atoms with Crippen molar-refractivity contribution in [2.45, 2.75) is 364 Å². The molecule has 10 heterocycles. The minimum Gasteiger partial charge on any atom is -0.264 e. The van der Waals surface area contributed by atoms with E-state index in [1.807, 2.05) is 108 Å². The quantitative estimate of drug-likeness (QED) is 0.138. The average molecular weight is 1650 g/mol. The normalized spacial score (nSPS) is 11.6. The van der Waals surface area contributed by atoms with Crippen molar-refractivity contribution >= 4 is 0 Å². The second-order valence-electron chi connectivity index (χ2n) is 42.5. The van der Waals surface area contributed by atoms with Crippen LogP contribution in [0.15, 0.2) is 172 Å². The zero-order valence-electron chi connectivity index (χ0n) is 83.8. The van der Waals surface area contributed by atoms with Crippen molar-refractivity contribution in [2.75, 3.05) is 0 Å². The Morgan fingerprint density at radius 3 is 0.876 bits per heavy atom. The average Bonchev–Trinajstić information content (AvgIpc) is 0.941. The summed E-state index contributed by atoms with van der Waals surface area (Å²) in [6.07, 6.45) is 28.8.